The Hall–Kier alpha value is -3.81. The van der Waals surface area contributed by atoms with Crippen molar-refractivity contribution in [3.8, 4) is 5.69 Å². The van der Waals surface area contributed by atoms with E-state index in [1.165, 1.54) is 11.0 Å². The summed E-state index contributed by atoms with van der Waals surface area (Å²) in [5, 5.41) is 11.0. The van der Waals surface area contributed by atoms with Crippen molar-refractivity contribution in [2.45, 2.75) is 0 Å². The Morgan fingerprint density at radius 3 is 2.21 bits per heavy atom. The molecule has 0 N–H and O–H groups in total. The van der Waals surface area contributed by atoms with Crippen LogP contribution in [0.2, 0.25) is 0 Å². The van der Waals surface area contributed by atoms with Crippen molar-refractivity contribution in [1.82, 2.24) is 30.0 Å². The first kappa shape index (κ1) is 18.5. The van der Waals surface area contributed by atoms with E-state index < -0.39 is 0 Å². The third kappa shape index (κ3) is 4.37. The molecule has 4 rings (SSSR count). The molecule has 1 aliphatic heterocycles. The summed E-state index contributed by atoms with van der Waals surface area (Å²) in [7, 11) is 0. The fourth-order valence-corrected chi connectivity index (χ4v) is 3.19. The number of rotatable bonds is 4. The van der Waals surface area contributed by atoms with Crippen LogP contribution in [0.3, 0.4) is 0 Å². The lowest BCUT2D eigenvalue weighted by Crippen LogP contribution is -2.50. The molecule has 0 saturated carbocycles. The van der Waals surface area contributed by atoms with Crippen molar-refractivity contribution in [2.24, 2.45) is 0 Å². The molecule has 8 heteroatoms. The van der Waals surface area contributed by atoms with Crippen molar-refractivity contribution in [3.63, 3.8) is 0 Å². The molecule has 146 valence electrons. The first-order chi connectivity index (χ1) is 14.2. The van der Waals surface area contributed by atoms with Crippen LogP contribution in [0.5, 0.6) is 0 Å². The Labute approximate surface area is 168 Å². The topological polar surface area (TPSA) is 84.2 Å². The lowest BCUT2D eigenvalue weighted by molar-refractivity contribution is -0.127. The highest BCUT2D eigenvalue weighted by Gasteiger charge is 2.23. The Kier molecular flexibility index (Phi) is 5.42. The van der Waals surface area contributed by atoms with Crippen LogP contribution in [0.1, 0.15) is 15.9 Å². The molecular weight excluding hydrogens is 368 g/mol. The highest BCUT2D eigenvalue weighted by Crippen LogP contribution is 2.13. The number of carbonyl (C=O) groups excluding carboxylic acids is 2. The molecular formula is C21H20N6O2. The monoisotopic (exact) mass is 388 g/mol. The van der Waals surface area contributed by atoms with Crippen LogP contribution in [-0.2, 0) is 4.79 Å². The quantitative estimate of drug-likeness (QED) is 0.635. The van der Waals surface area contributed by atoms with Gasteiger partial charge in [0.2, 0.25) is 5.91 Å². The van der Waals surface area contributed by atoms with Crippen LogP contribution in [-0.4, -0.2) is 68.0 Å². The lowest BCUT2D eigenvalue weighted by Gasteiger charge is -2.34. The molecule has 0 radical (unpaired) electrons. The molecule has 8 nitrogen and oxygen atoms in total. The second-order valence-corrected chi connectivity index (χ2v) is 6.66. The number of amides is 2. The van der Waals surface area contributed by atoms with Crippen LogP contribution < -0.4 is 0 Å². The van der Waals surface area contributed by atoms with Crippen LogP contribution in [0, 0.1) is 0 Å². The second kappa shape index (κ2) is 8.47. The summed E-state index contributed by atoms with van der Waals surface area (Å²) in [6.45, 7) is 2.07. The van der Waals surface area contributed by atoms with Crippen LogP contribution in [0.15, 0.2) is 67.0 Å². The maximum Gasteiger partial charge on any atom is 0.253 e. The van der Waals surface area contributed by atoms with E-state index in [2.05, 4.69) is 15.5 Å². The van der Waals surface area contributed by atoms with Crippen molar-refractivity contribution in [1.29, 1.82) is 0 Å². The minimum atomic E-state index is -0.0415. The Morgan fingerprint density at radius 2 is 1.55 bits per heavy atom. The summed E-state index contributed by atoms with van der Waals surface area (Å²) in [5.41, 5.74) is 2.37. The predicted molar refractivity (Wildman–Crippen MR) is 107 cm³/mol. The highest BCUT2D eigenvalue weighted by atomic mass is 16.2. The van der Waals surface area contributed by atoms with Gasteiger partial charge in [0.1, 0.15) is 6.33 Å². The first-order valence-corrected chi connectivity index (χ1v) is 9.35. The van der Waals surface area contributed by atoms with Gasteiger partial charge in [-0.05, 0) is 46.3 Å². The fraction of sp³-hybridized carbons (Fsp3) is 0.190. The highest BCUT2D eigenvalue weighted by molar-refractivity contribution is 5.95. The lowest BCUT2D eigenvalue weighted by atomic mass is 10.1. The van der Waals surface area contributed by atoms with Gasteiger partial charge in [-0.15, -0.1) is 5.10 Å². The molecule has 0 spiro atoms. The summed E-state index contributed by atoms with van der Waals surface area (Å²) < 4.78 is 1.53. The van der Waals surface area contributed by atoms with Gasteiger partial charge in [0.25, 0.3) is 5.91 Å². The Morgan fingerprint density at radius 1 is 0.862 bits per heavy atom. The van der Waals surface area contributed by atoms with Gasteiger partial charge in [-0.25, -0.2) is 4.68 Å². The van der Waals surface area contributed by atoms with Gasteiger partial charge in [0.05, 0.1) is 5.69 Å². The molecule has 2 aromatic carbocycles. The molecule has 2 heterocycles. The van der Waals surface area contributed by atoms with Crippen molar-refractivity contribution in [3.05, 3.63) is 78.1 Å². The molecule has 1 aliphatic rings. The molecule has 1 aromatic heterocycles. The van der Waals surface area contributed by atoms with E-state index in [9.17, 15) is 9.59 Å². The summed E-state index contributed by atoms with van der Waals surface area (Å²) in [4.78, 5) is 28.7. The second-order valence-electron chi connectivity index (χ2n) is 6.66. The van der Waals surface area contributed by atoms with E-state index in [-0.39, 0.29) is 11.8 Å². The summed E-state index contributed by atoms with van der Waals surface area (Å²) in [5.74, 6) is -0.0769. The zero-order chi connectivity index (χ0) is 20.1. The predicted octanol–water partition coefficient (Wildman–Crippen LogP) is 1.66. The van der Waals surface area contributed by atoms with E-state index in [0.29, 0.717) is 31.7 Å². The number of aromatic nitrogens is 4. The van der Waals surface area contributed by atoms with Crippen molar-refractivity contribution >= 4 is 17.9 Å². The smallest absolute Gasteiger partial charge is 0.253 e. The van der Waals surface area contributed by atoms with E-state index in [0.717, 1.165) is 11.3 Å². The van der Waals surface area contributed by atoms with E-state index in [4.69, 9.17) is 0 Å². The number of hydrogen-bond acceptors (Lipinski definition) is 5. The van der Waals surface area contributed by atoms with Crippen LogP contribution in [0.25, 0.3) is 11.8 Å². The molecule has 0 unspecified atom stereocenters. The summed E-state index contributed by atoms with van der Waals surface area (Å²) >= 11 is 0. The maximum absolute atomic E-state index is 12.7. The first-order valence-electron chi connectivity index (χ1n) is 9.35. The Balaban J connectivity index is 1.32. The largest absolute Gasteiger partial charge is 0.336 e. The fourth-order valence-electron chi connectivity index (χ4n) is 3.19. The molecule has 1 saturated heterocycles. The zero-order valence-electron chi connectivity index (χ0n) is 15.8. The minimum Gasteiger partial charge on any atom is -0.336 e. The third-order valence-corrected chi connectivity index (χ3v) is 4.82. The average Bonchev–Trinajstić information content (AvgIpc) is 3.33. The summed E-state index contributed by atoms with van der Waals surface area (Å²) in [6, 6.07) is 16.8. The number of nitrogens with zero attached hydrogens (tertiary/aromatic N) is 6. The van der Waals surface area contributed by atoms with Crippen LogP contribution in [0.4, 0.5) is 0 Å². The molecule has 0 atom stereocenters. The van der Waals surface area contributed by atoms with Gasteiger partial charge in [-0.2, -0.15) is 0 Å². The molecule has 29 heavy (non-hydrogen) atoms. The number of carbonyl (C=O) groups is 2. The van der Waals surface area contributed by atoms with Gasteiger partial charge in [0, 0.05) is 37.8 Å². The molecule has 2 amide bonds. The third-order valence-electron chi connectivity index (χ3n) is 4.82. The number of benzene rings is 2. The number of tetrazole rings is 1. The minimum absolute atomic E-state index is 0.0354. The van der Waals surface area contributed by atoms with Gasteiger partial charge in [-0.3, -0.25) is 9.59 Å². The number of piperazine rings is 1. The van der Waals surface area contributed by atoms with Crippen LogP contribution >= 0.6 is 0 Å². The van der Waals surface area contributed by atoms with Gasteiger partial charge < -0.3 is 9.80 Å². The zero-order valence-corrected chi connectivity index (χ0v) is 15.8. The number of hydrogen-bond donors (Lipinski definition) is 0. The standard InChI is InChI=1S/C21H20N6O2/c28-20(11-6-17-4-2-1-3-5-17)25-12-14-26(15-13-25)21(29)18-7-9-19(10-8-18)27-16-22-23-24-27/h1-11,16H,12-15H2/b11-6+. The van der Waals surface area contributed by atoms with Crippen molar-refractivity contribution in [2.75, 3.05) is 26.2 Å². The normalized spacial score (nSPS) is 14.3. The maximum atomic E-state index is 12.7. The van der Waals surface area contributed by atoms with Gasteiger partial charge in [0.15, 0.2) is 0 Å². The van der Waals surface area contributed by atoms with E-state index in [1.54, 1.807) is 40.1 Å². The Bertz CT molecular complexity index is 991. The van der Waals surface area contributed by atoms with E-state index in [1.807, 2.05) is 36.4 Å². The van der Waals surface area contributed by atoms with Gasteiger partial charge in [-0.1, -0.05) is 30.3 Å². The SMILES string of the molecule is O=C(/C=C/c1ccccc1)N1CCN(C(=O)c2ccc(-n3cnnn3)cc2)CC1. The molecule has 0 bridgehead atoms. The van der Waals surface area contributed by atoms with Crippen molar-refractivity contribution < 1.29 is 9.59 Å². The summed E-state index contributed by atoms with van der Waals surface area (Å²) in [6.07, 6.45) is 4.90. The molecule has 0 aliphatic carbocycles. The van der Waals surface area contributed by atoms with Gasteiger partial charge >= 0.3 is 0 Å². The average molecular weight is 388 g/mol. The molecule has 3 aromatic rings. The molecule has 1 fully saturated rings. The van der Waals surface area contributed by atoms with E-state index >= 15 is 0 Å².